The molecule has 12 rings (SSSR count). The number of hydrogen-bond acceptors (Lipinski definition) is 3. The smallest absolute Gasteiger partial charge is 0.160 e. The van der Waals surface area contributed by atoms with Crippen LogP contribution in [0.5, 0.6) is 0 Å². The van der Waals surface area contributed by atoms with E-state index in [1.165, 1.54) is 16.2 Å². The van der Waals surface area contributed by atoms with E-state index in [9.17, 15) is 0 Å². The molecule has 4 aromatic heterocycles. The van der Waals surface area contributed by atoms with Crippen molar-refractivity contribution in [2.24, 2.45) is 0 Å². The van der Waals surface area contributed by atoms with Gasteiger partial charge in [0.05, 0.1) is 33.3 Å². The molecular formula is C50H30N4O. The molecule has 0 unspecified atom stereocenters. The van der Waals surface area contributed by atoms with Crippen molar-refractivity contribution in [2.45, 2.75) is 0 Å². The third-order valence-corrected chi connectivity index (χ3v) is 11.1. The number of benzene rings is 8. The number of aromatic nitrogens is 4. The minimum atomic E-state index is 0.696. The number of furan rings is 1. The minimum absolute atomic E-state index is 0.696. The van der Waals surface area contributed by atoms with E-state index in [2.05, 4.69) is 167 Å². The summed E-state index contributed by atoms with van der Waals surface area (Å²) in [4.78, 5) is 10.3. The molecule has 0 bridgehead atoms. The highest BCUT2D eigenvalue weighted by atomic mass is 16.3. The fourth-order valence-corrected chi connectivity index (χ4v) is 8.67. The second-order valence-electron chi connectivity index (χ2n) is 14.2. The van der Waals surface area contributed by atoms with Gasteiger partial charge in [-0.25, -0.2) is 9.97 Å². The molecule has 0 saturated carbocycles. The largest absolute Gasteiger partial charge is 0.454 e. The Morgan fingerprint density at radius 2 is 1.04 bits per heavy atom. The van der Waals surface area contributed by atoms with Gasteiger partial charge >= 0.3 is 0 Å². The van der Waals surface area contributed by atoms with E-state index in [1.807, 2.05) is 24.3 Å². The van der Waals surface area contributed by atoms with E-state index in [1.54, 1.807) is 0 Å². The van der Waals surface area contributed by atoms with E-state index in [4.69, 9.17) is 14.4 Å². The Bertz CT molecular complexity index is 3480. The normalized spacial score (nSPS) is 12.0. The van der Waals surface area contributed by atoms with Crippen molar-refractivity contribution in [2.75, 3.05) is 0 Å². The van der Waals surface area contributed by atoms with Crippen LogP contribution in [-0.2, 0) is 0 Å². The second kappa shape index (κ2) is 11.5. The van der Waals surface area contributed by atoms with Crippen LogP contribution in [-0.4, -0.2) is 19.1 Å². The Labute approximate surface area is 315 Å². The van der Waals surface area contributed by atoms with Crippen LogP contribution >= 0.6 is 0 Å². The molecule has 5 heteroatoms. The van der Waals surface area contributed by atoms with E-state index < -0.39 is 0 Å². The molecule has 55 heavy (non-hydrogen) atoms. The molecule has 0 N–H and O–H groups in total. The van der Waals surface area contributed by atoms with E-state index >= 15 is 0 Å². The van der Waals surface area contributed by atoms with Crippen molar-refractivity contribution < 1.29 is 4.42 Å². The summed E-state index contributed by atoms with van der Waals surface area (Å²) in [5.41, 5.74) is 12.2. The van der Waals surface area contributed by atoms with Gasteiger partial charge in [-0.05, 0) is 60.7 Å². The van der Waals surface area contributed by atoms with Gasteiger partial charge in [0, 0.05) is 60.2 Å². The maximum Gasteiger partial charge on any atom is 0.160 e. The van der Waals surface area contributed by atoms with Crippen LogP contribution in [0.15, 0.2) is 186 Å². The molecule has 4 heterocycles. The summed E-state index contributed by atoms with van der Waals surface area (Å²) in [6, 6.07) is 64.1. The minimum Gasteiger partial charge on any atom is -0.454 e. The van der Waals surface area contributed by atoms with Crippen LogP contribution in [0.4, 0.5) is 0 Å². The molecule has 0 saturated heterocycles. The first-order valence-corrected chi connectivity index (χ1v) is 18.6. The van der Waals surface area contributed by atoms with Crippen molar-refractivity contribution in [1.29, 1.82) is 0 Å². The number of rotatable bonds is 4. The standard InChI is InChI=1S/C50H30N4O/c1-3-14-31(15-4-1)47-39-22-7-10-23-42(39)51-50(52-47)32-16-13-19-34(28-32)53-43-24-11-8-20-35(43)40-29-41-37-26-27-38-36-21-9-12-25-46(36)55-49(38)48(37)54(45(41)30-44(40)53)33-17-5-2-6-18-33/h1-30H. The van der Waals surface area contributed by atoms with Crippen LogP contribution in [0.3, 0.4) is 0 Å². The highest BCUT2D eigenvalue weighted by Gasteiger charge is 2.22. The van der Waals surface area contributed by atoms with Gasteiger partial charge in [0.15, 0.2) is 11.4 Å². The summed E-state index contributed by atoms with van der Waals surface area (Å²) >= 11 is 0. The molecular weight excluding hydrogens is 673 g/mol. The Hall–Kier alpha value is -7.50. The first-order chi connectivity index (χ1) is 27.3. The predicted molar refractivity (Wildman–Crippen MR) is 226 cm³/mol. The second-order valence-corrected chi connectivity index (χ2v) is 14.2. The maximum atomic E-state index is 6.68. The molecule has 0 fully saturated rings. The molecule has 0 aliphatic rings. The van der Waals surface area contributed by atoms with Gasteiger partial charge in [-0.1, -0.05) is 121 Å². The summed E-state index contributed by atoms with van der Waals surface area (Å²) in [6.07, 6.45) is 0. The summed E-state index contributed by atoms with van der Waals surface area (Å²) < 4.78 is 11.4. The molecule has 0 amide bonds. The Balaban J connectivity index is 1.14. The predicted octanol–water partition coefficient (Wildman–Crippen LogP) is 13.1. The third kappa shape index (κ3) is 4.41. The summed E-state index contributed by atoms with van der Waals surface area (Å²) in [6.45, 7) is 0. The average Bonchev–Trinajstić information content (AvgIpc) is 3.90. The van der Waals surface area contributed by atoms with Crippen LogP contribution < -0.4 is 0 Å². The zero-order valence-corrected chi connectivity index (χ0v) is 29.5. The average molecular weight is 703 g/mol. The molecule has 0 aliphatic heterocycles. The number of nitrogens with zero attached hydrogens (tertiary/aromatic N) is 4. The van der Waals surface area contributed by atoms with Gasteiger partial charge in [0.2, 0.25) is 0 Å². The number of fused-ring (bicyclic) bond motifs is 11. The Morgan fingerprint density at radius 3 is 1.91 bits per heavy atom. The van der Waals surface area contributed by atoms with Gasteiger partial charge in [-0.3, -0.25) is 0 Å². The van der Waals surface area contributed by atoms with E-state index in [0.29, 0.717) is 5.82 Å². The fourth-order valence-electron chi connectivity index (χ4n) is 8.67. The van der Waals surface area contributed by atoms with Gasteiger partial charge in [0.1, 0.15) is 5.58 Å². The zero-order valence-electron chi connectivity index (χ0n) is 29.5. The van der Waals surface area contributed by atoms with Gasteiger partial charge in [-0.15, -0.1) is 0 Å². The Morgan fingerprint density at radius 1 is 0.382 bits per heavy atom. The highest BCUT2D eigenvalue weighted by molar-refractivity contribution is 6.24. The summed E-state index contributed by atoms with van der Waals surface area (Å²) in [7, 11) is 0. The van der Waals surface area contributed by atoms with E-state index in [-0.39, 0.29) is 0 Å². The van der Waals surface area contributed by atoms with Crippen molar-refractivity contribution >= 4 is 76.5 Å². The van der Waals surface area contributed by atoms with Crippen molar-refractivity contribution in [3.63, 3.8) is 0 Å². The van der Waals surface area contributed by atoms with Gasteiger partial charge in [-0.2, -0.15) is 0 Å². The molecule has 0 radical (unpaired) electrons. The molecule has 0 aliphatic carbocycles. The lowest BCUT2D eigenvalue weighted by molar-refractivity contribution is 0.671. The van der Waals surface area contributed by atoms with Crippen LogP contribution in [0.2, 0.25) is 0 Å². The lowest BCUT2D eigenvalue weighted by atomic mass is 10.1. The van der Waals surface area contributed by atoms with E-state index in [0.717, 1.165) is 88.5 Å². The van der Waals surface area contributed by atoms with Gasteiger partial charge < -0.3 is 13.6 Å². The van der Waals surface area contributed by atoms with Crippen molar-refractivity contribution in [3.8, 4) is 34.0 Å². The molecule has 0 spiro atoms. The quantitative estimate of drug-likeness (QED) is 0.183. The molecule has 12 aromatic rings. The molecule has 8 aromatic carbocycles. The zero-order chi connectivity index (χ0) is 36.0. The van der Waals surface area contributed by atoms with Crippen molar-refractivity contribution in [3.05, 3.63) is 182 Å². The van der Waals surface area contributed by atoms with Crippen LogP contribution in [0, 0.1) is 0 Å². The fraction of sp³-hybridized carbons (Fsp3) is 0. The van der Waals surface area contributed by atoms with Crippen LogP contribution in [0.25, 0.3) is 110 Å². The number of hydrogen-bond donors (Lipinski definition) is 0. The first-order valence-electron chi connectivity index (χ1n) is 18.6. The number of para-hydroxylation sites is 4. The van der Waals surface area contributed by atoms with Crippen LogP contribution in [0.1, 0.15) is 0 Å². The highest BCUT2D eigenvalue weighted by Crippen LogP contribution is 2.43. The summed E-state index contributed by atoms with van der Waals surface area (Å²) in [5, 5.41) is 8.01. The molecule has 5 nitrogen and oxygen atoms in total. The van der Waals surface area contributed by atoms with Gasteiger partial charge in [0.25, 0.3) is 0 Å². The molecule has 256 valence electrons. The van der Waals surface area contributed by atoms with Crippen molar-refractivity contribution in [1.82, 2.24) is 19.1 Å². The maximum absolute atomic E-state index is 6.68. The summed E-state index contributed by atoms with van der Waals surface area (Å²) in [5.74, 6) is 0.696. The monoisotopic (exact) mass is 702 g/mol. The third-order valence-electron chi connectivity index (χ3n) is 11.1. The SMILES string of the molecule is c1ccc(-c2nc(-c3cccc(-n4c5ccccc5c5cc6c7ccc8c9ccccc9oc8c7n(-c7ccccc7)c6cc54)c3)nc3ccccc23)cc1. The lowest BCUT2D eigenvalue weighted by Gasteiger charge is -2.12. The first kappa shape index (κ1) is 30.0. The lowest BCUT2D eigenvalue weighted by Crippen LogP contribution is -1.98. The Kier molecular flexibility index (Phi) is 6.27. The topological polar surface area (TPSA) is 48.8 Å². The molecule has 0 atom stereocenters.